The van der Waals surface area contributed by atoms with Crippen molar-refractivity contribution in [1.29, 1.82) is 0 Å². The Kier molecular flexibility index (Phi) is 13.9. The fraction of sp³-hybridized carbons (Fsp3) is 0.933. The molecule has 0 aromatic heterocycles. The van der Waals surface area contributed by atoms with E-state index in [-0.39, 0.29) is 23.0 Å². The first-order chi connectivity index (χ1) is 17.4. The van der Waals surface area contributed by atoms with E-state index < -0.39 is 23.5 Å². The molecule has 8 heteroatoms. The molecule has 0 radical (unpaired) electrons. The van der Waals surface area contributed by atoms with Crippen LogP contribution in [0.4, 0.5) is 9.59 Å². The van der Waals surface area contributed by atoms with Gasteiger partial charge in [-0.3, -0.25) is 9.78 Å². The second-order valence-electron chi connectivity index (χ2n) is 14.6. The highest BCUT2D eigenvalue weighted by atomic mass is 17.2. The van der Waals surface area contributed by atoms with Gasteiger partial charge in [-0.05, 0) is 103 Å². The minimum absolute atomic E-state index is 0.0470. The van der Waals surface area contributed by atoms with Crippen LogP contribution in [0.2, 0.25) is 0 Å². The molecule has 0 unspecified atom stereocenters. The highest BCUT2D eigenvalue weighted by molar-refractivity contribution is 5.59. The number of ether oxygens (including phenoxy) is 2. The second-order valence-corrected chi connectivity index (χ2v) is 14.6. The first-order valence-electron chi connectivity index (χ1n) is 14.5. The van der Waals surface area contributed by atoms with E-state index in [2.05, 4.69) is 41.5 Å². The van der Waals surface area contributed by atoms with Gasteiger partial charge in [0.25, 0.3) is 0 Å². The van der Waals surface area contributed by atoms with E-state index >= 15 is 0 Å². The van der Waals surface area contributed by atoms with Crippen molar-refractivity contribution < 1.29 is 38.6 Å². The molecule has 8 nitrogen and oxygen atoms in total. The van der Waals surface area contributed by atoms with Crippen LogP contribution < -0.4 is 0 Å². The number of hydrogen-bond acceptors (Lipinski definition) is 8. The van der Waals surface area contributed by atoms with Crippen LogP contribution in [0.15, 0.2) is 0 Å². The first kappa shape index (κ1) is 34.5. The summed E-state index contributed by atoms with van der Waals surface area (Å²) < 4.78 is 11.2. The van der Waals surface area contributed by atoms with Gasteiger partial charge in [0.1, 0.15) is 23.4 Å². The smallest absolute Gasteiger partial charge is 0.429 e. The summed E-state index contributed by atoms with van der Waals surface area (Å²) in [7, 11) is 0. The highest BCUT2D eigenvalue weighted by Crippen LogP contribution is 2.31. The molecule has 1 aliphatic rings. The standard InChI is InChI=1S/C30H56O8/c1-27(2,3)21-29(7,8)37-35-25(31)33-23-17-13-11-15-19-24(20-16-12-14-18-23)34-26(32)36-38-30(9,10)22-28(4,5)6/h23-24H,11-22H2,1-10H3. The maximum Gasteiger partial charge on any atom is 0.540 e. The Balaban J connectivity index is 2.44. The molecule has 1 aliphatic carbocycles. The van der Waals surface area contributed by atoms with Gasteiger partial charge in [0.05, 0.1) is 0 Å². The van der Waals surface area contributed by atoms with Gasteiger partial charge in [0.15, 0.2) is 0 Å². The predicted octanol–water partition coefficient (Wildman–Crippen LogP) is 9.24. The SMILES string of the molecule is CC(C)(C)CC(C)(C)OOC(=O)OC1CCCCCC(OC(=O)OOC(C)(C)CC(C)(C)C)CCCCC1. The molecule has 0 amide bonds. The lowest BCUT2D eigenvalue weighted by atomic mass is 9.84. The number of rotatable bonds is 8. The lowest BCUT2D eigenvalue weighted by molar-refractivity contribution is -0.324. The minimum atomic E-state index is -0.774. The lowest BCUT2D eigenvalue weighted by Crippen LogP contribution is -2.32. The Morgan fingerprint density at radius 1 is 0.526 bits per heavy atom. The summed E-state index contributed by atoms with van der Waals surface area (Å²) in [5.74, 6) is 0. The third-order valence-corrected chi connectivity index (χ3v) is 6.21. The summed E-state index contributed by atoms with van der Waals surface area (Å²) in [5, 5.41) is 0. The average Bonchev–Trinajstić information content (AvgIpc) is 2.71. The van der Waals surface area contributed by atoms with Crippen LogP contribution in [0.3, 0.4) is 0 Å². The van der Waals surface area contributed by atoms with E-state index in [1.807, 2.05) is 27.7 Å². The molecule has 0 aliphatic heterocycles. The van der Waals surface area contributed by atoms with Crippen molar-refractivity contribution in [3.8, 4) is 0 Å². The van der Waals surface area contributed by atoms with Crippen LogP contribution in [0.1, 0.15) is 146 Å². The molecule has 1 saturated carbocycles. The van der Waals surface area contributed by atoms with Gasteiger partial charge < -0.3 is 9.47 Å². The summed E-state index contributed by atoms with van der Waals surface area (Å²) in [6.45, 7) is 20.3. The van der Waals surface area contributed by atoms with Crippen molar-refractivity contribution in [2.45, 2.75) is 170 Å². The molecule has 0 N–H and O–H groups in total. The van der Waals surface area contributed by atoms with Crippen molar-refractivity contribution in [2.75, 3.05) is 0 Å². The van der Waals surface area contributed by atoms with Crippen LogP contribution in [0.5, 0.6) is 0 Å². The van der Waals surface area contributed by atoms with Crippen molar-refractivity contribution >= 4 is 12.3 Å². The number of carbonyl (C=O) groups excluding carboxylic acids is 2. The summed E-state index contributed by atoms with van der Waals surface area (Å²) in [5.41, 5.74) is -1.09. The molecular weight excluding hydrogens is 488 g/mol. The molecule has 0 heterocycles. The first-order valence-corrected chi connectivity index (χ1v) is 14.5. The predicted molar refractivity (Wildman–Crippen MR) is 147 cm³/mol. The molecule has 0 spiro atoms. The zero-order valence-corrected chi connectivity index (χ0v) is 25.9. The summed E-state index contributed by atoms with van der Waals surface area (Å²) >= 11 is 0. The fourth-order valence-corrected chi connectivity index (χ4v) is 5.58. The zero-order chi connectivity index (χ0) is 29.0. The Hall–Kier alpha value is -1.54. The second kappa shape index (κ2) is 15.3. The molecule has 224 valence electrons. The van der Waals surface area contributed by atoms with Gasteiger partial charge in [-0.15, -0.1) is 0 Å². The molecule has 1 fully saturated rings. The highest BCUT2D eigenvalue weighted by Gasteiger charge is 2.31. The summed E-state index contributed by atoms with van der Waals surface area (Å²) in [6, 6.07) is 0. The summed E-state index contributed by atoms with van der Waals surface area (Å²) in [4.78, 5) is 45.4. The van der Waals surface area contributed by atoms with Gasteiger partial charge in [-0.2, -0.15) is 9.78 Å². The van der Waals surface area contributed by atoms with Gasteiger partial charge >= 0.3 is 12.3 Å². The lowest BCUT2D eigenvalue weighted by Gasteiger charge is -2.30. The van der Waals surface area contributed by atoms with Crippen LogP contribution in [-0.4, -0.2) is 35.7 Å². The molecule has 0 saturated heterocycles. The number of carbonyl (C=O) groups is 2. The molecule has 1 rings (SSSR count). The Morgan fingerprint density at radius 2 is 0.816 bits per heavy atom. The van der Waals surface area contributed by atoms with E-state index in [4.69, 9.17) is 29.0 Å². The Labute approximate surface area is 231 Å². The van der Waals surface area contributed by atoms with Crippen molar-refractivity contribution in [2.24, 2.45) is 10.8 Å². The molecule has 0 aromatic carbocycles. The average molecular weight is 545 g/mol. The van der Waals surface area contributed by atoms with Crippen LogP contribution in [-0.2, 0) is 29.0 Å². The summed E-state index contributed by atoms with van der Waals surface area (Å²) in [6.07, 6.45) is 8.18. The van der Waals surface area contributed by atoms with Gasteiger partial charge in [-0.25, -0.2) is 9.59 Å². The Bertz CT molecular complexity index is 630. The van der Waals surface area contributed by atoms with Crippen molar-refractivity contribution in [3.63, 3.8) is 0 Å². The largest absolute Gasteiger partial charge is 0.540 e. The molecule has 0 aromatic rings. The van der Waals surface area contributed by atoms with Crippen LogP contribution >= 0.6 is 0 Å². The topological polar surface area (TPSA) is 89.5 Å². The van der Waals surface area contributed by atoms with Crippen molar-refractivity contribution in [1.82, 2.24) is 0 Å². The van der Waals surface area contributed by atoms with Gasteiger partial charge in [0, 0.05) is 0 Å². The third-order valence-electron chi connectivity index (χ3n) is 6.21. The normalized spacial score (nSPS) is 21.0. The van der Waals surface area contributed by atoms with Crippen LogP contribution in [0, 0.1) is 10.8 Å². The van der Waals surface area contributed by atoms with E-state index in [1.165, 1.54) is 0 Å². The van der Waals surface area contributed by atoms with Crippen molar-refractivity contribution in [3.05, 3.63) is 0 Å². The minimum Gasteiger partial charge on any atom is -0.429 e. The maximum absolute atomic E-state index is 12.3. The quantitative estimate of drug-likeness (QED) is 0.170. The molecule has 38 heavy (non-hydrogen) atoms. The van der Waals surface area contributed by atoms with E-state index in [0.29, 0.717) is 0 Å². The maximum atomic E-state index is 12.3. The molecule has 0 atom stereocenters. The molecular formula is C30H56O8. The fourth-order valence-electron chi connectivity index (χ4n) is 5.58. The monoisotopic (exact) mass is 544 g/mol. The van der Waals surface area contributed by atoms with Crippen LogP contribution in [0.25, 0.3) is 0 Å². The number of hydrogen-bond donors (Lipinski definition) is 0. The van der Waals surface area contributed by atoms with E-state index in [0.717, 1.165) is 77.0 Å². The third kappa shape index (κ3) is 17.9. The van der Waals surface area contributed by atoms with E-state index in [9.17, 15) is 9.59 Å². The van der Waals surface area contributed by atoms with Gasteiger partial charge in [0.2, 0.25) is 0 Å². The van der Waals surface area contributed by atoms with E-state index in [1.54, 1.807) is 0 Å². The zero-order valence-electron chi connectivity index (χ0n) is 25.9. The Morgan fingerprint density at radius 3 is 1.08 bits per heavy atom. The molecule has 0 bridgehead atoms. The van der Waals surface area contributed by atoms with Gasteiger partial charge in [-0.1, -0.05) is 54.4 Å².